The topological polar surface area (TPSA) is 75.8 Å². The molecule has 26 heavy (non-hydrogen) atoms. The SMILES string of the molecule is COc1ccc(OCCSc2nnc(-c3ccc4c(c3)OCO4)o2)cc1. The minimum absolute atomic E-state index is 0.234. The molecule has 0 spiro atoms. The van der Waals surface area contributed by atoms with Crippen molar-refractivity contribution < 1.29 is 23.4 Å². The molecule has 0 amide bonds. The van der Waals surface area contributed by atoms with Crippen molar-refractivity contribution in [3.8, 4) is 34.5 Å². The van der Waals surface area contributed by atoms with Gasteiger partial charge in [0.2, 0.25) is 12.7 Å². The average molecular weight is 372 g/mol. The highest BCUT2D eigenvalue weighted by atomic mass is 32.2. The van der Waals surface area contributed by atoms with Crippen LogP contribution in [0.25, 0.3) is 11.5 Å². The molecule has 1 aliphatic heterocycles. The third-order valence-corrected chi connectivity index (χ3v) is 4.45. The first kappa shape index (κ1) is 16.6. The van der Waals surface area contributed by atoms with Gasteiger partial charge in [0.25, 0.3) is 5.22 Å². The van der Waals surface area contributed by atoms with E-state index >= 15 is 0 Å². The van der Waals surface area contributed by atoms with Crippen molar-refractivity contribution in [1.82, 2.24) is 10.2 Å². The lowest BCUT2D eigenvalue weighted by Crippen LogP contribution is -1.99. The van der Waals surface area contributed by atoms with Crippen molar-refractivity contribution in [1.29, 1.82) is 0 Å². The molecule has 8 heteroatoms. The van der Waals surface area contributed by atoms with E-state index in [9.17, 15) is 0 Å². The number of aromatic nitrogens is 2. The zero-order valence-electron chi connectivity index (χ0n) is 14.0. The summed E-state index contributed by atoms with van der Waals surface area (Å²) in [5, 5.41) is 8.63. The molecule has 0 fully saturated rings. The van der Waals surface area contributed by atoms with Crippen LogP contribution in [0.3, 0.4) is 0 Å². The summed E-state index contributed by atoms with van der Waals surface area (Å²) in [4.78, 5) is 0. The van der Waals surface area contributed by atoms with E-state index < -0.39 is 0 Å². The molecule has 1 aromatic heterocycles. The Bertz CT molecular complexity index is 882. The van der Waals surface area contributed by atoms with Gasteiger partial charge in [-0.05, 0) is 42.5 Å². The highest BCUT2D eigenvalue weighted by molar-refractivity contribution is 7.99. The molecule has 1 aliphatic rings. The standard InChI is InChI=1S/C18H16N2O5S/c1-21-13-3-5-14(6-4-13)22-8-9-26-18-20-19-17(25-18)12-2-7-15-16(10-12)24-11-23-15/h2-7,10H,8-9,11H2,1H3. The van der Waals surface area contributed by atoms with Gasteiger partial charge in [-0.15, -0.1) is 10.2 Å². The van der Waals surface area contributed by atoms with Crippen LogP contribution in [0.15, 0.2) is 52.1 Å². The molecule has 4 rings (SSSR count). The molecule has 0 radical (unpaired) electrons. The Hall–Kier alpha value is -2.87. The Morgan fingerprint density at radius 2 is 1.81 bits per heavy atom. The van der Waals surface area contributed by atoms with Crippen LogP contribution in [0.1, 0.15) is 0 Å². The Kier molecular flexibility index (Phi) is 4.83. The van der Waals surface area contributed by atoms with E-state index in [1.165, 1.54) is 11.8 Å². The van der Waals surface area contributed by atoms with E-state index in [4.69, 9.17) is 23.4 Å². The maximum atomic E-state index is 5.68. The Balaban J connectivity index is 1.29. The number of methoxy groups -OCH3 is 1. The van der Waals surface area contributed by atoms with Crippen LogP contribution in [0.5, 0.6) is 23.0 Å². The van der Waals surface area contributed by atoms with Gasteiger partial charge in [-0.25, -0.2) is 0 Å². The molecule has 2 heterocycles. The van der Waals surface area contributed by atoms with Crippen LogP contribution in [-0.4, -0.2) is 36.5 Å². The van der Waals surface area contributed by atoms with Crippen molar-refractivity contribution in [3.63, 3.8) is 0 Å². The lowest BCUT2D eigenvalue weighted by Gasteiger charge is -2.05. The van der Waals surface area contributed by atoms with Crippen LogP contribution >= 0.6 is 11.8 Å². The normalized spacial score (nSPS) is 12.2. The van der Waals surface area contributed by atoms with Crippen LogP contribution < -0.4 is 18.9 Å². The van der Waals surface area contributed by atoms with Gasteiger partial charge < -0.3 is 23.4 Å². The molecule has 0 saturated heterocycles. The minimum Gasteiger partial charge on any atom is -0.497 e. The summed E-state index contributed by atoms with van der Waals surface area (Å²) in [7, 11) is 1.63. The highest BCUT2D eigenvalue weighted by Crippen LogP contribution is 2.36. The smallest absolute Gasteiger partial charge is 0.276 e. The fraction of sp³-hybridized carbons (Fsp3) is 0.222. The molecule has 0 aliphatic carbocycles. The zero-order chi connectivity index (χ0) is 17.8. The quantitative estimate of drug-likeness (QED) is 0.460. The van der Waals surface area contributed by atoms with E-state index in [1.54, 1.807) is 7.11 Å². The Morgan fingerprint density at radius 1 is 1.00 bits per heavy atom. The zero-order valence-corrected chi connectivity index (χ0v) is 14.8. The highest BCUT2D eigenvalue weighted by Gasteiger charge is 2.16. The summed E-state index contributed by atoms with van der Waals surface area (Å²) < 4.78 is 27.1. The summed E-state index contributed by atoms with van der Waals surface area (Å²) >= 11 is 1.44. The fourth-order valence-corrected chi connectivity index (χ4v) is 2.95. The lowest BCUT2D eigenvalue weighted by atomic mass is 10.2. The Labute approximate surface area is 154 Å². The van der Waals surface area contributed by atoms with E-state index in [-0.39, 0.29) is 6.79 Å². The second-order valence-electron chi connectivity index (χ2n) is 5.31. The van der Waals surface area contributed by atoms with Gasteiger partial charge in [-0.3, -0.25) is 0 Å². The van der Waals surface area contributed by atoms with Gasteiger partial charge in [0.05, 0.1) is 13.7 Å². The van der Waals surface area contributed by atoms with Gasteiger partial charge in [-0.2, -0.15) is 0 Å². The first-order chi connectivity index (χ1) is 12.8. The van der Waals surface area contributed by atoms with E-state index in [0.717, 1.165) is 22.8 Å². The number of fused-ring (bicyclic) bond motifs is 1. The average Bonchev–Trinajstić information content (AvgIpc) is 3.34. The van der Waals surface area contributed by atoms with Gasteiger partial charge >= 0.3 is 0 Å². The number of rotatable bonds is 7. The molecule has 2 aromatic carbocycles. The van der Waals surface area contributed by atoms with E-state index in [2.05, 4.69) is 10.2 Å². The van der Waals surface area contributed by atoms with E-state index in [0.29, 0.717) is 29.2 Å². The predicted octanol–water partition coefficient (Wildman–Crippen LogP) is 3.65. The molecule has 0 atom stereocenters. The maximum absolute atomic E-state index is 5.68. The molecular formula is C18H16N2O5S. The molecule has 0 saturated carbocycles. The molecule has 0 bridgehead atoms. The number of benzene rings is 2. The first-order valence-electron chi connectivity index (χ1n) is 7.95. The summed E-state index contributed by atoms with van der Waals surface area (Å²) in [5.74, 6) is 4.13. The lowest BCUT2D eigenvalue weighted by molar-refractivity contribution is 0.174. The number of thioether (sulfide) groups is 1. The second-order valence-corrected chi connectivity index (χ2v) is 6.36. The third-order valence-electron chi connectivity index (χ3n) is 3.66. The molecular weight excluding hydrogens is 356 g/mol. The molecule has 3 aromatic rings. The van der Waals surface area contributed by atoms with Crippen LogP contribution in [0, 0.1) is 0 Å². The largest absolute Gasteiger partial charge is 0.497 e. The number of ether oxygens (including phenoxy) is 4. The summed E-state index contributed by atoms with van der Waals surface area (Å²) in [6.45, 7) is 0.761. The minimum atomic E-state index is 0.234. The van der Waals surface area contributed by atoms with Crippen molar-refractivity contribution in [2.45, 2.75) is 5.22 Å². The van der Waals surface area contributed by atoms with Gasteiger partial charge in [-0.1, -0.05) is 11.8 Å². The van der Waals surface area contributed by atoms with Crippen molar-refractivity contribution in [2.24, 2.45) is 0 Å². The van der Waals surface area contributed by atoms with Crippen molar-refractivity contribution >= 4 is 11.8 Å². The summed E-state index contributed by atoms with van der Waals surface area (Å²) in [6.07, 6.45) is 0. The summed E-state index contributed by atoms with van der Waals surface area (Å²) in [5.41, 5.74) is 0.795. The Morgan fingerprint density at radius 3 is 2.65 bits per heavy atom. The molecule has 0 unspecified atom stereocenters. The van der Waals surface area contributed by atoms with Crippen LogP contribution in [-0.2, 0) is 0 Å². The van der Waals surface area contributed by atoms with Crippen molar-refractivity contribution in [2.75, 3.05) is 26.3 Å². The number of hydrogen-bond acceptors (Lipinski definition) is 8. The molecule has 7 nitrogen and oxygen atoms in total. The first-order valence-corrected chi connectivity index (χ1v) is 8.93. The molecule has 0 N–H and O–H groups in total. The summed E-state index contributed by atoms with van der Waals surface area (Å²) in [6, 6.07) is 13.0. The van der Waals surface area contributed by atoms with Gasteiger partial charge in [0, 0.05) is 11.3 Å². The monoisotopic (exact) mass is 372 g/mol. The van der Waals surface area contributed by atoms with Crippen LogP contribution in [0.4, 0.5) is 0 Å². The number of nitrogens with zero attached hydrogens (tertiary/aromatic N) is 2. The van der Waals surface area contributed by atoms with Crippen molar-refractivity contribution in [3.05, 3.63) is 42.5 Å². The maximum Gasteiger partial charge on any atom is 0.276 e. The fourth-order valence-electron chi connectivity index (χ4n) is 2.37. The third kappa shape index (κ3) is 3.70. The second kappa shape index (κ2) is 7.57. The number of hydrogen-bond donors (Lipinski definition) is 0. The van der Waals surface area contributed by atoms with E-state index in [1.807, 2.05) is 42.5 Å². The molecule has 134 valence electrons. The van der Waals surface area contributed by atoms with Gasteiger partial charge in [0.15, 0.2) is 11.5 Å². The van der Waals surface area contributed by atoms with Crippen LogP contribution in [0.2, 0.25) is 0 Å². The predicted molar refractivity (Wildman–Crippen MR) is 95.1 cm³/mol. The van der Waals surface area contributed by atoms with Gasteiger partial charge in [0.1, 0.15) is 11.5 Å².